The van der Waals surface area contributed by atoms with Gasteiger partial charge >= 0.3 is 0 Å². The van der Waals surface area contributed by atoms with Crippen molar-refractivity contribution < 1.29 is 19.5 Å². The van der Waals surface area contributed by atoms with E-state index in [4.69, 9.17) is 4.74 Å². The van der Waals surface area contributed by atoms with Gasteiger partial charge < -0.3 is 20.1 Å². The van der Waals surface area contributed by atoms with Gasteiger partial charge in [0.15, 0.2) is 0 Å². The maximum Gasteiger partial charge on any atom is 0.221 e. The minimum atomic E-state index is -0.195. The minimum absolute atomic E-state index is 0.00381. The summed E-state index contributed by atoms with van der Waals surface area (Å²) in [5.74, 6) is 0.00735. The zero-order valence-electron chi connectivity index (χ0n) is 15.3. The molecule has 0 bridgehead atoms. The molecule has 0 aromatic heterocycles. The lowest BCUT2D eigenvalue weighted by atomic mass is 9.87. The van der Waals surface area contributed by atoms with Crippen LogP contribution in [0.2, 0.25) is 0 Å². The molecule has 144 valence electrons. The van der Waals surface area contributed by atoms with E-state index in [9.17, 15) is 9.90 Å². The monoisotopic (exact) mass is 433 g/mol. The first kappa shape index (κ1) is 19.9. The number of morpholine rings is 1. The standard InChI is InChI=1S/C21H25BrN2O3/c22-17-6-7-20(25)19(14-17)18(16-4-2-1-3-5-16)15-21(26)23-8-9-24-10-12-27-13-11-24/h1-7,14,18,25H,8-13,15H2,(H,23,26)/p+1/t18-/m1/s1. The van der Waals surface area contributed by atoms with E-state index in [1.807, 2.05) is 36.4 Å². The predicted molar refractivity (Wildman–Crippen MR) is 108 cm³/mol. The van der Waals surface area contributed by atoms with Crippen LogP contribution in [0.15, 0.2) is 53.0 Å². The number of hydrogen-bond donors (Lipinski definition) is 3. The van der Waals surface area contributed by atoms with Gasteiger partial charge in [-0.25, -0.2) is 0 Å². The number of ether oxygens (including phenoxy) is 1. The Morgan fingerprint density at radius 2 is 1.93 bits per heavy atom. The first-order valence-electron chi connectivity index (χ1n) is 9.35. The number of carbonyl (C=O) groups is 1. The first-order chi connectivity index (χ1) is 13.1. The molecule has 2 aromatic carbocycles. The highest BCUT2D eigenvalue weighted by atomic mass is 79.9. The molecule has 2 aromatic rings. The Hall–Kier alpha value is -1.89. The molecule has 1 fully saturated rings. The second-order valence-electron chi connectivity index (χ2n) is 6.83. The quantitative estimate of drug-likeness (QED) is 0.622. The third-order valence-electron chi connectivity index (χ3n) is 4.96. The summed E-state index contributed by atoms with van der Waals surface area (Å²) in [4.78, 5) is 14.1. The van der Waals surface area contributed by atoms with E-state index in [0.29, 0.717) is 13.0 Å². The number of quaternary nitrogens is 1. The van der Waals surface area contributed by atoms with E-state index in [0.717, 1.165) is 48.4 Å². The van der Waals surface area contributed by atoms with Gasteiger partial charge in [-0.2, -0.15) is 0 Å². The maximum absolute atomic E-state index is 12.6. The molecule has 3 rings (SSSR count). The third kappa shape index (κ3) is 5.79. The summed E-state index contributed by atoms with van der Waals surface area (Å²) in [7, 11) is 0. The fourth-order valence-electron chi connectivity index (χ4n) is 3.44. The number of benzene rings is 2. The molecule has 5 nitrogen and oxygen atoms in total. The van der Waals surface area contributed by atoms with E-state index >= 15 is 0 Å². The highest BCUT2D eigenvalue weighted by molar-refractivity contribution is 9.10. The fourth-order valence-corrected chi connectivity index (χ4v) is 3.82. The van der Waals surface area contributed by atoms with Crippen molar-refractivity contribution in [2.45, 2.75) is 12.3 Å². The summed E-state index contributed by atoms with van der Waals surface area (Å²) in [6, 6.07) is 15.2. The van der Waals surface area contributed by atoms with Gasteiger partial charge in [0.2, 0.25) is 5.91 Å². The van der Waals surface area contributed by atoms with E-state index in [2.05, 4.69) is 21.2 Å². The number of phenolic OH excluding ortho intramolecular Hbond substituents is 1. The fraction of sp³-hybridized carbons (Fsp3) is 0.381. The molecule has 1 amide bonds. The number of amides is 1. The van der Waals surface area contributed by atoms with Crippen LogP contribution in [0.1, 0.15) is 23.5 Å². The van der Waals surface area contributed by atoms with Gasteiger partial charge in [0, 0.05) is 22.4 Å². The lowest BCUT2D eigenvalue weighted by molar-refractivity contribution is -0.906. The van der Waals surface area contributed by atoms with Crippen molar-refractivity contribution in [3.05, 3.63) is 64.1 Å². The Morgan fingerprint density at radius 1 is 1.19 bits per heavy atom. The Bertz CT molecular complexity index is 748. The molecule has 0 aliphatic carbocycles. The number of hydrogen-bond acceptors (Lipinski definition) is 3. The van der Waals surface area contributed by atoms with E-state index in [1.165, 1.54) is 4.90 Å². The topological polar surface area (TPSA) is 63.0 Å². The third-order valence-corrected chi connectivity index (χ3v) is 5.45. The van der Waals surface area contributed by atoms with Gasteiger partial charge in [0.05, 0.1) is 26.3 Å². The van der Waals surface area contributed by atoms with Crippen LogP contribution >= 0.6 is 15.9 Å². The van der Waals surface area contributed by atoms with Gasteiger partial charge in [0.25, 0.3) is 0 Å². The van der Waals surface area contributed by atoms with Crippen LogP contribution in [0.5, 0.6) is 5.75 Å². The number of nitrogens with one attached hydrogen (secondary N) is 2. The van der Waals surface area contributed by atoms with Gasteiger partial charge in [-0.15, -0.1) is 0 Å². The van der Waals surface area contributed by atoms with Crippen molar-refractivity contribution in [2.24, 2.45) is 0 Å². The lowest BCUT2D eigenvalue weighted by Gasteiger charge is -2.24. The number of aromatic hydroxyl groups is 1. The molecule has 27 heavy (non-hydrogen) atoms. The highest BCUT2D eigenvalue weighted by Gasteiger charge is 2.22. The molecule has 1 aliphatic rings. The number of rotatable bonds is 7. The molecule has 0 spiro atoms. The van der Waals surface area contributed by atoms with Crippen LogP contribution in [-0.4, -0.2) is 50.4 Å². The van der Waals surface area contributed by atoms with Crippen LogP contribution in [0.4, 0.5) is 0 Å². The zero-order chi connectivity index (χ0) is 19.1. The maximum atomic E-state index is 12.6. The minimum Gasteiger partial charge on any atom is -0.508 e. The summed E-state index contributed by atoms with van der Waals surface area (Å²) >= 11 is 3.46. The molecule has 1 heterocycles. The van der Waals surface area contributed by atoms with E-state index < -0.39 is 0 Å². The summed E-state index contributed by atoms with van der Waals surface area (Å²) in [5, 5.41) is 13.4. The van der Waals surface area contributed by atoms with Crippen molar-refractivity contribution >= 4 is 21.8 Å². The molecule has 1 aliphatic heterocycles. The molecule has 3 N–H and O–H groups in total. The molecule has 0 radical (unpaired) electrons. The first-order valence-corrected chi connectivity index (χ1v) is 10.1. The number of carbonyl (C=O) groups excluding carboxylic acids is 1. The molecule has 1 atom stereocenters. The second-order valence-corrected chi connectivity index (χ2v) is 7.75. The normalized spacial score (nSPS) is 16.0. The van der Waals surface area contributed by atoms with Gasteiger partial charge in [-0.05, 0) is 23.8 Å². The Kier molecular flexibility index (Phi) is 7.26. The average Bonchev–Trinajstić information content (AvgIpc) is 2.70. The second kappa shape index (κ2) is 9.88. The highest BCUT2D eigenvalue weighted by Crippen LogP contribution is 2.35. The van der Waals surface area contributed by atoms with E-state index in [-0.39, 0.29) is 17.6 Å². The SMILES string of the molecule is O=C(C[C@H](c1ccccc1)c1cc(Br)ccc1O)NCC[NH+]1CCOCC1. The molecular formula is C21H26BrN2O3+. The van der Waals surface area contributed by atoms with Crippen LogP contribution in [0, 0.1) is 0 Å². The number of phenols is 1. The van der Waals surface area contributed by atoms with Gasteiger partial charge in [-0.1, -0.05) is 46.3 Å². The van der Waals surface area contributed by atoms with Crippen molar-refractivity contribution in [2.75, 3.05) is 39.4 Å². The summed E-state index contributed by atoms with van der Waals surface area (Å²) in [6.07, 6.45) is 0.298. The summed E-state index contributed by atoms with van der Waals surface area (Å²) in [5.41, 5.74) is 1.77. The van der Waals surface area contributed by atoms with Crippen LogP contribution in [0.3, 0.4) is 0 Å². The largest absolute Gasteiger partial charge is 0.508 e. The van der Waals surface area contributed by atoms with Crippen molar-refractivity contribution in [3.8, 4) is 5.75 Å². The molecular weight excluding hydrogens is 408 g/mol. The zero-order valence-corrected chi connectivity index (χ0v) is 16.9. The van der Waals surface area contributed by atoms with Gasteiger partial charge in [0.1, 0.15) is 18.8 Å². The van der Waals surface area contributed by atoms with Crippen molar-refractivity contribution in [3.63, 3.8) is 0 Å². The summed E-state index contributed by atoms with van der Waals surface area (Å²) < 4.78 is 6.24. The van der Waals surface area contributed by atoms with Crippen molar-refractivity contribution in [1.29, 1.82) is 0 Å². The predicted octanol–water partition coefficient (Wildman–Crippen LogP) is 1.71. The van der Waals surface area contributed by atoms with E-state index in [1.54, 1.807) is 12.1 Å². The Balaban J connectivity index is 1.66. The Morgan fingerprint density at radius 3 is 2.67 bits per heavy atom. The number of halogens is 1. The van der Waals surface area contributed by atoms with Crippen molar-refractivity contribution in [1.82, 2.24) is 5.32 Å². The average molecular weight is 434 g/mol. The van der Waals surface area contributed by atoms with Crippen LogP contribution in [0.25, 0.3) is 0 Å². The lowest BCUT2D eigenvalue weighted by Crippen LogP contribution is -3.14. The molecule has 6 heteroatoms. The van der Waals surface area contributed by atoms with Crippen LogP contribution in [-0.2, 0) is 9.53 Å². The molecule has 0 unspecified atom stereocenters. The van der Waals surface area contributed by atoms with Crippen LogP contribution < -0.4 is 10.2 Å². The molecule has 1 saturated heterocycles. The smallest absolute Gasteiger partial charge is 0.221 e. The summed E-state index contributed by atoms with van der Waals surface area (Å²) in [6.45, 7) is 5.14. The Labute approximate surface area is 168 Å². The molecule has 0 saturated carbocycles. The van der Waals surface area contributed by atoms with Gasteiger partial charge in [-0.3, -0.25) is 4.79 Å².